The van der Waals surface area contributed by atoms with E-state index in [1.54, 1.807) is 11.0 Å². The predicted octanol–water partition coefficient (Wildman–Crippen LogP) is 0.820. The minimum absolute atomic E-state index is 0.0756. The van der Waals surface area contributed by atoms with Crippen LogP contribution in [-0.2, 0) is 24.4 Å². The summed E-state index contributed by atoms with van der Waals surface area (Å²) in [5, 5.41) is 3.93. The molecule has 2 heterocycles. The molecular weight excluding hydrogens is 216 g/mol. The first-order valence-electron chi connectivity index (χ1n) is 5.50. The van der Waals surface area contributed by atoms with Gasteiger partial charge in [-0.05, 0) is 11.1 Å². The Morgan fingerprint density at radius 3 is 2.53 bits per heavy atom. The first-order valence-corrected chi connectivity index (χ1v) is 5.50. The Morgan fingerprint density at radius 1 is 1.24 bits per heavy atom. The molecule has 1 aliphatic heterocycles. The summed E-state index contributed by atoms with van der Waals surface area (Å²) >= 11 is 0. The Bertz CT molecular complexity index is 510. The van der Waals surface area contributed by atoms with Gasteiger partial charge in [0.1, 0.15) is 19.2 Å². The minimum Gasteiger partial charge on any atom is -0.332 e. The van der Waals surface area contributed by atoms with Crippen LogP contribution < -0.4 is 0 Å². The highest BCUT2D eigenvalue weighted by atomic mass is 16.2. The Labute approximate surface area is 98.7 Å². The maximum Gasteiger partial charge on any atom is 0.244 e. The number of fused-ring (bicyclic) bond motifs is 1. The van der Waals surface area contributed by atoms with E-state index in [9.17, 15) is 4.79 Å². The number of nitrogens with zero attached hydrogens (tertiary/aromatic N) is 4. The second kappa shape index (κ2) is 4.01. The molecule has 0 N–H and O–H groups in total. The molecule has 2 aromatic rings. The molecule has 86 valence electrons. The first kappa shape index (κ1) is 10.0. The SMILES string of the molecule is O=C(Cn1cncn1)N1Cc2ccccc2C1. The van der Waals surface area contributed by atoms with Crippen molar-refractivity contribution in [1.29, 1.82) is 0 Å². The molecule has 1 aliphatic rings. The molecule has 1 aromatic heterocycles. The fourth-order valence-electron chi connectivity index (χ4n) is 2.06. The van der Waals surface area contributed by atoms with Gasteiger partial charge in [-0.1, -0.05) is 24.3 Å². The summed E-state index contributed by atoms with van der Waals surface area (Å²) < 4.78 is 1.55. The second-order valence-electron chi connectivity index (χ2n) is 4.11. The number of aromatic nitrogens is 3. The van der Waals surface area contributed by atoms with Crippen LogP contribution >= 0.6 is 0 Å². The number of hydrogen-bond donors (Lipinski definition) is 0. The summed E-state index contributed by atoms with van der Waals surface area (Å²) in [6, 6.07) is 8.14. The lowest BCUT2D eigenvalue weighted by molar-refractivity contribution is -0.132. The third-order valence-corrected chi connectivity index (χ3v) is 2.96. The van der Waals surface area contributed by atoms with Gasteiger partial charge in [-0.2, -0.15) is 5.10 Å². The fraction of sp³-hybridized carbons (Fsp3) is 0.250. The standard InChI is InChI=1S/C12H12N4O/c17-12(7-16-9-13-8-14-16)15-5-10-3-1-2-4-11(10)6-15/h1-4,8-9H,5-7H2. The van der Waals surface area contributed by atoms with E-state index in [1.807, 2.05) is 17.0 Å². The van der Waals surface area contributed by atoms with Crippen LogP contribution in [0.3, 0.4) is 0 Å². The molecule has 0 aliphatic carbocycles. The highest BCUT2D eigenvalue weighted by Crippen LogP contribution is 2.22. The number of hydrogen-bond acceptors (Lipinski definition) is 3. The minimum atomic E-state index is 0.0756. The van der Waals surface area contributed by atoms with Crippen LogP contribution in [0.2, 0.25) is 0 Å². The molecule has 1 aromatic carbocycles. The maximum atomic E-state index is 12.0. The van der Waals surface area contributed by atoms with Gasteiger partial charge in [0.15, 0.2) is 0 Å². The van der Waals surface area contributed by atoms with Gasteiger partial charge in [-0.15, -0.1) is 0 Å². The topological polar surface area (TPSA) is 51.0 Å². The van der Waals surface area contributed by atoms with Gasteiger partial charge in [-0.3, -0.25) is 4.79 Å². The van der Waals surface area contributed by atoms with Crippen LogP contribution in [0, 0.1) is 0 Å². The normalized spacial score (nSPS) is 13.8. The van der Waals surface area contributed by atoms with Gasteiger partial charge in [0.25, 0.3) is 0 Å². The van der Waals surface area contributed by atoms with Crippen LogP contribution in [0.4, 0.5) is 0 Å². The summed E-state index contributed by atoms with van der Waals surface area (Å²) in [6.07, 6.45) is 2.99. The van der Waals surface area contributed by atoms with Crippen molar-refractivity contribution in [3.8, 4) is 0 Å². The van der Waals surface area contributed by atoms with E-state index < -0.39 is 0 Å². The van der Waals surface area contributed by atoms with E-state index in [4.69, 9.17) is 0 Å². The van der Waals surface area contributed by atoms with E-state index in [0.29, 0.717) is 13.1 Å². The average molecular weight is 228 g/mol. The Hall–Kier alpha value is -2.17. The third-order valence-electron chi connectivity index (χ3n) is 2.96. The largest absolute Gasteiger partial charge is 0.332 e. The van der Waals surface area contributed by atoms with Gasteiger partial charge in [0.05, 0.1) is 0 Å². The summed E-state index contributed by atoms with van der Waals surface area (Å²) in [5.41, 5.74) is 2.47. The number of carbonyl (C=O) groups is 1. The van der Waals surface area contributed by atoms with Gasteiger partial charge in [-0.25, -0.2) is 9.67 Å². The molecule has 0 bridgehead atoms. The zero-order valence-corrected chi connectivity index (χ0v) is 9.28. The Kier molecular flexibility index (Phi) is 2.36. The zero-order chi connectivity index (χ0) is 11.7. The quantitative estimate of drug-likeness (QED) is 0.764. The van der Waals surface area contributed by atoms with E-state index in [0.717, 1.165) is 0 Å². The first-order chi connectivity index (χ1) is 8.33. The third kappa shape index (κ3) is 1.91. The number of rotatable bonds is 2. The van der Waals surface area contributed by atoms with Crippen molar-refractivity contribution in [2.24, 2.45) is 0 Å². The summed E-state index contributed by atoms with van der Waals surface area (Å²) in [6.45, 7) is 1.65. The molecule has 0 atom stereocenters. The van der Waals surface area contributed by atoms with Crippen molar-refractivity contribution in [3.05, 3.63) is 48.0 Å². The van der Waals surface area contributed by atoms with Crippen LogP contribution in [0.5, 0.6) is 0 Å². The van der Waals surface area contributed by atoms with Crippen molar-refractivity contribution >= 4 is 5.91 Å². The lowest BCUT2D eigenvalue weighted by atomic mass is 10.1. The van der Waals surface area contributed by atoms with Crippen LogP contribution in [0.1, 0.15) is 11.1 Å². The highest BCUT2D eigenvalue weighted by molar-refractivity contribution is 5.76. The smallest absolute Gasteiger partial charge is 0.244 e. The van der Waals surface area contributed by atoms with E-state index >= 15 is 0 Å². The van der Waals surface area contributed by atoms with Gasteiger partial charge in [0.2, 0.25) is 5.91 Å². The zero-order valence-electron chi connectivity index (χ0n) is 9.28. The van der Waals surface area contributed by atoms with Crippen molar-refractivity contribution < 1.29 is 4.79 Å². The maximum absolute atomic E-state index is 12.0. The molecule has 5 nitrogen and oxygen atoms in total. The Balaban J connectivity index is 1.70. The summed E-state index contributed by atoms with van der Waals surface area (Å²) in [5.74, 6) is 0.0756. The lowest BCUT2D eigenvalue weighted by Gasteiger charge is -2.14. The number of carbonyl (C=O) groups excluding carboxylic acids is 1. The molecule has 3 rings (SSSR count). The van der Waals surface area contributed by atoms with Crippen LogP contribution in [-0.4, -0.2) is 25.6 Å². The molecule has 17 heavy (non-hydrogen) atoms. The molecule has 0 saturated heterocycles. The van der Waals surface area contributed by atoms with Crippen molar-refractivity contribution in [1.82, 2.24) is 19.7 Å². The molecule has 0 unspecified atom stereocenters. The van der Waals surface area contributed by atoms with Crippen molar-refractivity contribution in [3.63, 3.8) is 0 Å². The van der Waals surface area contributed by atoms with E-state index in [1.165, 1.54) is 17.5 Å². The highest BCUT2D eigenvalue weighted by Gasteiger charge is 2.22. The number of benzene rings is 1. The molecular formula is C12H12N4O. The molecule has 1 amide bonds. The van der Waals surface area contributed by atoms with Gasteiger partial charge < -0.3 is 4.90 Å². The van der Waals surface area contributed by atoms with Crippen LogP contribution in [0.15, 0.2) is 36.9 Å². The Morgan fingerprint density at radius 2 is 1.94 bits per heavy atom. The molecule has 0 saturated carbocycles. The van der Waals surface area contributed by atoms with Gasteiger partial charge >= 0.3 is 0 Å². The molecule has 0 fully saturated rings. The van der Waals surface area contributed by atoms with Gasteiger partial charge in [0, 0.05) is 13.1 Å². The van der Waals surface area contributed by atoms with Crippen molar-refractivity contribution in [2.45, 2.75) is 19.6 Å². The molecule has 0 radical (unpaired) electrons. The predicted molar refractivity (Wildman–Crippen MR) is 60.7 cm³/mol. The van der Waals surface area contributed by atoms with Crippen LogP contribution in [0.25, 0.3) is 0 Å². The van der Waals surface area contributed by atoms with E-state index in [-0.39, 0.29) is 12.5 Å². The fourth-order valence-corrected chi connectivity index (χ4v) is 2.06. The average Bonchev–Trinajstić information content (AvgIpc) is 2.96. The molecule has 5 heteroatoms. The lowest BCUT2D eigenvalue weighted by Crippen LogP contribution is -2.29. The second-order valence-corrected chi connectivity index (χ2v) is 4.11. The van der Waals surface area contributed by atoms with E-state index in [2.05, 4.69) is 22.2 Å². The summed E-state index contributed by atoms with van der Waals surface area (Å²) in [7, 11) is 0. The summed E-state index contributed by atoms with van der Waals surface area (Å²) in [4.78, 5) is 17.7. The molecule has 0 spiro atoms. The monoisotopic (exact) mass is 228 g/mol. The number of amides is 1. The van der Waals surface area contributed by atoms with Crippen molar-refractivity contribution in [2.75, 3.05) is 0 Å².